The molecule has 0 fully saturated rings. The third kappa shape index (κ3) is 53.7. The molecule has 0 saturated heterocycles. The van der Waals surface area contributed by atoms with Crippen LogP contribution in [0.25, 0.3) is 0 Å². The zero-order valence-electron chi connectivity index (χ0n) is 46.5. The second-order valence-electron chi connectivity index (χ2n) is 21.0. The Morgan fingerprint density at radius 3 is 1.27 bits per heavy atom. The molecular weight excluding hydrogens is 888 g/mol. The van der Waals surface area contributed by atoms with Gasteiger partial charge >= 0.3 is 0 Å². The van der Waals surface area contributed by atoms with Gasteiger partial charge in [-0.25, -0.2) is 0 Å². The summed E-state index contributed by atoms with van der Waals surface area (Å²) in [4.78, 5) is 25.4. The summed E-state index contributed by atoms with van der Waals surface area (Å²) in [6.45, 7) is 4.60. The van der Waals surface area contributed by atoms with Crippen molar-refractivity contribution in [1.82, 2.24) is 5.32 Å². The highest BCUT2D eigenvalue weighted by molar-refractivity contribution is 7.45. The number of nitrogens with zero attached hydrogens (tertiary/aromatic N) is 1. The summed E-state index contributed by atoms with van der Waals surface area (Å²) in [5.74, 6) is -0.165. The summed E-state index contributed by atoms with van der Waals surface area (Å²) in [5.41, 5.74) is 0. The van der Waals surface area contributed by atoms with Crippen LogP contribution < -0.4 is 10.2 Å². The molecule has 0 rings (SSSR count). The molecule has 8 nitrogen and oxygen atoms in total. The monoisotopic (exact) mass is 1000 g/mol. The van der Waals surface area contributed by atoms with Gasteiger partial charge in [-0.3, -0.25) is 9.36 Å². The fraction of sp³-hybridized carbons (Fsp3) is 0.787. The highest BCUT2D eigenvalue weighted by atomic mass is 31.2. The SMILES string of the molecule is CC/C=C\C/C=C\C/C=C\C/C=C\C/C=C\C/C=C\CCCCCCCCCCCCCCCCCCCCC(=O)NC(COP(=O)([O-])OCC[N+](C)(C)C)C(O)CCCCCCCCCCCCC. The quantitative estimate of drug-likeness (QED) is 0.0272. The molecule has 0 aliphatic heterocycles. The zero-order valence-corrected chi connectivity index (χ0v) is 47.4. The Labute approximate surface area is 434 Å². The lowest BCUT2D eigenvalue weighted by molar-refractivity contribution is -0.870. The van der Waals surface area contributed by atoms with E-state index in [1.807, 2.05) is 21.1 Å². The highest BCUT2D eigenvalue weighted by Gasteiger charge is 2.24. The lowest BCUT2D eigenvalue weighted by Gasteiger charge is -2.30. The van der Waals surface area contributed by atoms with Gasteiger partial charge in [0, 0.05) is 6.42 Å². The number of amides is 1. The fourth-order valence-corrected chi connectivity index (χ4v) is 9.12. The Kier molecular flexibility index (Phi) is 50.3. The molecule has 0 aromatic carbocycles. The lowest BCUT2D eigenvalue weighted by Crippen LogP contribution is -2.46. The van der Waals surface area contributed by atoms with Crippen LogP contribution in [0.2, 0.25) is 0 Å². The summed E-state index contributed by atoms with van der Waals surface area (Å²) in [6, 6.07) is -0.800. The van der Waals surface area contributed by atoms with Gasteiger partial charge in [0.05, 0.1) is 39.9 Å². The van der Waals surface area contributed by atoms with Crippen molar-refractivity contribution in [3.8, 4) is 0 Å². The van der Waals surface area contributed by atoms with E-state index < -0.39 is 20.0 Å². The Bertz CT molecular complexity index is 1370. The molecular formula is C61H113N2O6P. The predicted octanol–water partition coefficient (Wildman–Crippen LogP) is 17.2. The van der Waals surface area contributed by atoms with Crippen molar-refractivity contribution < 1.29 is 32.9 Å². The van der Waals surface area contributed by atoms with Gasteiger partial charge in [0.2, 0.25) is 5.91 Å². The number of phosphoric ester groups is 1. The van der Waals surface area contributed by atoms with Crippen molar-refractivity contribution in [1.29, 1.82) is 0 Å². The van der Waals surface area contributed by atoms with Gasteiger partial charge in [-0.2, -0.15) is 0 Å². The van der Waals surface area contributed by atoms with Gasteiger partial charge in [-0.1, -0.05) is 260 Å². The Morgan fingerprint density at radius 1 is 0.514 bits per heavy atom. The Morgan fingerprint density at radius 2 is 0.871 bits per heavy atom. The highest BCUT2D eigenvalue weighted by Crippen LogP contribution is 2.38. The average Bonchev–Trinajstić information content (AvgIpc) is 3.32. The first-order valence-electron chi connectivity index (χ1n) is 29.3. The van der Waals surface area contributed by atoms with Crippen LogP contribution in [0.3, 0.4) is 0 Å². The number of phosphoric acid groups is 1. The van der Waals surface area contributed by atoms with Crippen molar-refractivity contribution in [2.24, 2.45) is 0 Å². The largest absolute Gasteiger partial charge is 0.756 e. The molecule has 0 aliphatic rings. The first kappa shape index (κ1) is 67.9. The summed E-state index contributed by atoms with van der Waals surface area (Å²) < 4.78 is 23.3. The third-order valence-electron chi connectivity index (χ3n) is 13.0. The first-order chi connectivity index (χ1) is 34.0. The summed E-state index contributed by atoms with van der Waals surface area (Å²) in [5, 5.41) is 13.9. The topological polar surface area (TPSA) is 108 Å². The van der Waals surface area contributed by atoms with Crippen LogP contribution in [-0.2, 0) is 18.4 Å². The molecule has 1 amide bonds. The molecule has 70 heavy (non-hydrogen) atoms. The van der Waals surface area contributed by atoms with Crippen molar-refractivity contribution in [3.63, 3.8) is 0 Å². The van der Waals surface area contributed by atoms with Crippen molar-refractivity contribution in [3.05, 3.63) is 72.9 Å². The summed E-state index contributed by atoms with van der Waals surface area (Å²) >= 11 is 0. The van der Waals surface area contributed by atoms with Crippen LogP contribution >= 0.6 is 7.82 Å². The number of carbonyl (C=O) groups excluding carboxylic acids is 1. The van der Waals surface area contributed by atoms with Crippen LogP contribution in [0.15, 0.2) is 72.9 Å². The van der Waals surface area contributed by atoms with E-state index in [0.717, 1.165) is 77.0 Å². The number of allylic oxidation sites excluding steroid dienone is 12. The predicted molar refractivity (Wildman–Crippen MR) is 302 cm³/mol. The molecule has 0 aromatic heterocycles. The van der Waals surface area contributed by atoms with Crippen molar-refractivity contribution in [2.75, 3.05) is 40.9 Å². The number of hydrogen-bond donors (Lipinski definition) is 2. The molecule has 0 radical (unpaired) electrons. The van der Waals surface area contributed by atoms with Crippen LogP contribution in [0.5, 0.6) is 0 Å². The molecule has 0 saturated carbocycles. The average molecular weight is 1000 g/mol. The molecule has 408 valence electrons. The van der Waals surface area contributed by atoms with E-state index in [1.54, 1.807) is 0 Å². The minimum Gasteiger partial charge on any atom is -0.756 e. The molecule has 0 aromatic rings. The molecule has 3 unspecified atom stereocenters. The first-order valence-corrected chi connectivity index (χ1v) is 30.7. The van der Waals surface area contributed by atoms with E-state index in [4.69, 9.17) is 9.05 Å². The number of unbranched alkanes of at least 4 members (excludes halogenated alkanes) is 28. The smallest absolute Gasteiger partial charge is 0.268 e. The number of likely N-dealkylation sites (N-methyl/N-ethyl adjacent to an activating group) is 1. The van der Waals surface area contributed by atoms with E-state index in [2.05, 4.69) is 92.1 Å². The normalized spacial score (nSPS) is 14.4. The van der Waals surface area contributed by atoms with Gasteiger partial charge in [-0.15, -0.1) is 0 Å². The maximum atomic E-state index is 12.9. The maximum Gasteiger partial charge on any atom is 0.268 e. The van der Waals surface area contributed by atoms with E-state index in [0.29, 0.717) is 23.9 Å². The summed E-state index contributed by atoms with van der Waals surface area (Å²) in [7, 11) is 1.31. The molecule has 2 N–H and O–H groups in total. The lowest BCUT2D eigenvalue weighted by atomic mass is 10.0. The number of rotatable bonds is 53. The summed E-state index contributed by atoms with van der Waals surface area (Å²) in [6.07, 6.45) is 71.0. The number of aliphatic hydroxyl groups excluding tert-OH is 1. The number of aliphatic hydroxyl groups is 1. The fourth-order valence-electron chi connectivity index (χ4n) is 8.40. The second kappa shape index (κ2) is 51.8. The van der Waals surface area contributed by atoms with Crippen LogP contribution in [-0.4, -0.2) is 68.5 Å². The molecule has 0 heterocycles. The van der Waals surface area contributed by atoms with Crippen molar-refractivity contribution >= 4 is 13.7 Å². The third-order valence-corrected chi connectivity index (χ3v) is 13.9. The molecule has 0 spiro atoms. The molecule has 0 bridgehead atoms. The molecule has 3 atom stereocenters. The minimum absolute atomic E-state index is 0.0116. The zero-order chi connectivity index (χ0) is 51.3. The van der Waals surface area contributed by atoms with Gasteiger partial charge in [0.1, 0.15) is 13.2 Å². The number of carbonyl (C=O) groups is 1. The van der Waals surface area contributed by atoms with Gasteiger partial charge in [0.15, 0.2) is 0 Å². The van der Waals surface area contributed by atoms with E-state index in [9.17, 15) is 19.4 Å². The standard InChI is InChI=1S/C61H113N2O6P/c1-6-8-10-12-14-16-18-19-20-21-22-23-24-25-26-27-28-29-30-31-32-33-34-35-36-37-38-39-40-41-42-43-45-47-49-51-53-55-61(65)62-59(58-69-70(66,67)68-57-56-63(3,4)5)60(64)54-52-50-48-46-44-17-15-13-11-9-7-2/h8,10,14,16,19-20,22-23,25-26,28-29,59-60,64H,6-7,9,11-13,15,17-18,21,24,27,30-58H2,1-5H3,(H-,62,65,66,67)/b10-8-,16-14-,20-19-,23-22-,26-25-,29-28-. The maximum absolute atomic E-state index is 12.9. The van der Waals surface area contributed by atoms with E-state index in [-0.39, 0.29) is 19.1 Å². The minimum atomic E-state index is -4.57. The van der Waals surface area contributed by atoms with Crippen LogP contribution in [0.1, 0.15) is 258 Å². The van der Waals surface area contributed by atoms with Crippen LogP contribution in [0, 0.1) is 0 Å². The number of quaternary nitrogens is 1. The van der Waals surface area contributed by atoms with Gasteiger partial charge < -0.3 is 28.8 Å². The van der Waals surface area contributed by atoms with E-state index in [1.165, 1.54) is 154 Å². The van der Waals surface area contributed by atoms with E-state index >= 15 is 0 Å². The van der Waals surface area contributed by atoms with Crippen LogP contribution in [0.4, 0.5) is 0 Å². The Balaban J connectivity index is 3.92. The van der Waals surface area contributed by atoms with Gasteiger partial charge in [0.25, 0.3) is 7.82 Å². The second-order valence-corrected chi connectivity index (χ2v) is 22.4. The number of hydrogen-bond acceptors (Lipinski definition) is 6. The molecule has 0 aliphatic carbocycles. The number of nitrogens with one attached hydrogen (secondary N) is 1. The Hall–Kier alpha value is -2.06. The molecule has 9 heteroatoms. The van der Waals surface area contributed by atoms with Crippen molar-refractivity contribution in [2.45, 2.75) is 270 Å². The van der Waals surface area contributed by atoms with Gasteiger partial charge in [-0.05, 0) is 64.2 Å².